The van der Waals surface area contributed by atoms with Crippen molar-refractivity contribution in [2.45, 2.75) is 269 Å². The van der Waals surface area contributed by atoms with E-state index in [1.807, 2.05) is 39.8 Å². The number of ketones is 2. The molecule has 128 heavy (non-hydrogen) atoms. The molecular weight excluding hydrogens is 1650 g/mol. The lowest BCUT2D eigenvalue weighted by molar-refractivity contribution is -0.140. The van der Waals surface area contributed by atoms with Gasteiger partial charge < -0.3 is 107 Å². The van der Waals surface area contributed by atoms with Crippen LogP contribution in [0, 0.1) is 17.8 Å². The highest BCUT2D eigenvalue weighted by molar-refractivity contribution is 6.41. The summed E-state index contributed by atoms with van der Waals surface area (Å²) in [6, 6.07) is 13.5. The summed E-state index contributed by atoms with van der Waals surface area (Å²) < 4.78 is 0. The third-order valence-electron chi connectivity index (χ3n) is 21.9. The largest absolute Gasteiger partial charge is 0.508 e. The zero-order valence-electron chi connectivity index (χ0n) is 75.3. The molecule has 36 nitrogen and oxygen atoms in total. The van der Waals surface area contributed by atoms with E-state index in [0.717, 1.165) is 0 Å². The van der Waals surface area contributed by atoms with Crippen LogP contribution in [-0.2, 0) is 102 Å². The first-order valence-electron chi connectivity index (χ1n) is 43.6. The SMILES string of the molecule is CC(=O)N[C@@H](CC(C)C)C(=O)N[C@H](C(=O)N[C@@H](Cc1ccccc1)C(=O)N[C@]1(C)CCCCCCC=CCCC[C@@](C)(C(=O)NC(CO)C(=O)N[C@@H](C)C(=O)NC(Cc2ccccc2)C(N)=O)NC(=O)[C@H](CC(C)C)CN[C@@H](CCC(N)=O)C(=O)C(=O)C(C)NC(=O)[C@H](Cc2c[nH]c3ccccc23)NC(=O)[C@H](Cc2ccc(O)cc2)NC(=O)C(C)NC1=O)[C@@H](C)O.CN. The normalized spacial score (nSPS) is 21.8. The van der Waals surface area contributed by atoms with Gasteiger partial charge in [-0.2, -0.15) is 0 Å². The number of hydrogen-bond acceptors (Lipinski definition) is 21. The molecule has 0 aliphatic carbocycles. The average Bonchev–Trinajstić information content (AvgIpc) is 1.46. The number of aromatic hydroxyl groups is 1. The second-order valence-electron chi connectivity index (χ2n) is 33.9. The molecule has 4 aromatic carbocycles. The molecule has 0 saturated heterocycles. The number of Topliss-reactive ketones (excluding diaryl/α,β-unsaturated/α-hetero) is 2. The van der Waals surface area contributed by atoms with Gasteiger partial charge in [-0.15, -0.1) is 0 Å². The van der Waals surface area contributed by atoms with Crippen molar-refractivity contribution in [3.63, 3.8) is 0 Å². The lowest BCUT2D eigenvalue weighted by atomic mass is 9.89. The van der Waals surface area contributed by atoms with Crippen LogP contribution in [0.4, 0.5) is 0 Å². The van der Waals surface area contributed by atoms with Crippen molar-refractivity contribution in [2.75, 3.05) is 20.2 Å². The van der Waals surface area contributed by atoms with E-state index in [1.165, 1.54) is 79.8 Å². The molecule has 14 amide bonds. The van der Waals surface area contributed by atoms with E-state index in [1.54, 1.807) is 91.1 Å². The van der Waals surface area contributed by atoms with Crippen molar-refractivity contribution in [2.24, 2.45) is 35.0 Å². The third kappa shape index (κ3) is 34.8. The van der Waals surface area contributed by atoms with E-state index in [0.29, 0.717) is 65.3 Å². The van der Waals surface area contributed by atoms with E-state index in [4.69, 9.17) is 11.5 Å². The number of carbonyl (C=O) groups excluding carboxylic acids is 16. The molecule has 23 N–H and O–H groups in total. The number of aromatic amines is 1. The maximum absolute atomic E-state index is 15.3. The minimum Gasteiger partial charge on any atom is -0.508 e. The number of allylic oxidation sites excluding steroid dienone is 2. The highest BCUT2D eigenvalue weighted by atomic mass is 16.3. The molecule has 0 spiro atoms. The van der Waals surface area contributed by atoms with Crippen LogP contribution in [0.5, 0.6) is 5.75 Å². The number of aliphatic hydroxyl groups excluding tert-OH is 2. The minimum absolute atomic E-state index is 0.0298. The number of aliphatic hydroxyl groups is 2. The van der Waals surface area contributed by atoms with Gasteiger partial charge in [-0.25, -0.2) is 0 Å². The Morgan fingerprint density at radius 1 is 0.539 bits per heavy atom. The lowest BCUT2D eigenvalue weighted by Gasteiger charge is -2.33. The van der Waals surface area contributed by atoms with Crippen LogP contribution in [0.2, 0.25) is 0 Å². The molecule has 5 aromatic rings. The number of amides is 14. The summed E-state index contributed by atoms with van der Waals surface area (Å²) in [7, 11) is 1.50. The number of nitrogens with one attached hydrogen (secondary N) is 14. The predicted octanol–water partition coefficient (Wildman–Crippen LogP) is 1.41. The monoisotopic (exact) mass is 1780 g/mol. The van der Waals surface area contributed by atoms with E-state index >= 15 is 24.0 Å². The van der Waals surface area contributed by atoms with Crippen molar-refractivity contribution in [1.82, 2.24) is 74.1 Å². The van der Waals surface area contributed by atoms with Crippen LogP contribution in [0.1, 0.15) is 182 Å². The van der Waals surface area contributed by atoms with Gasteiger partial charge in [0.05, 0.1) is 30.7 Å². The molecular formula is C92H133N17O19. The standard InChI is InChI=1S/C91H128N16O19.CH5N/c1-52(2)43-63-50-95-67(39-40-74(92)112)77(114)76(113)54(5)96-82(119)72(48-62-49-94-66-34-26-25-33-65(62)66)102-83(120)70(47-61-35-37-64(111)38-36-61)101-80(117)56(7)98-88(125)90(10,107-86(123)71(46-60-31-23-20-24-32-60)103-87(124)75(57(8)109)105-84(121)69(44-53(3)4)99-58(9)110)41-27-17-15-13-12-14-16-18-28-42-91(11,106-81(63)118)89(126)104-73(51-108)85(122)97-55(6)79(116)100-68(78(93)115)45-59-29-21-19-22-30-59;1-2/h14,16,19-26,29-38,49,52-57,63,67-73,75,94-95,108-109,111H,12-13,15,17-18,27-28,39-48,50-51H2,1-11H3,(H2,92,112)(H2,93,115)(H,96,119)(H,97,122)(H,98,125)(H,99,110)(H,100,116)(H,101,117)(H,102,120)(H,103,124)(H,104,126)(H,105,121)(H,106,118)(H,107,123);2H2,1H3/t54?,55-,56?,57+,63+,67-,68?,69-,70-,71-,72-,73?,75-,90+,91-;/m0./s1. The highest BCUT2D eigenvalue weighted by Crippen LogP contribution is 2.25. The number of carbonyl (C=O) groups is 16. The maximum atomic E-state index is 15.3. The third-order valence-corrected chi connectivity index (χ3v) is 21.9. The fraction of sp³-hybridized carbons (Fsp3) is 0.522. The van der Waals surface area contributed by atoms with Crippen molar-refractivity contribution in [1.29, 1.82) is 0 Å². The lowest BCUT2D eigenvalue weighted by Crippen LogP contribution is -2.64. The molecule has 15 atom stereocenters. The van der Waals surface area contributed by atoms with Crippen LogP contribution in [0.3, 0.4) is 0 Å². The summed E-state index contributed by atoms with van der Waals surface area (Å²) in [5, 5.41) is 67.5. The molecule has 0 saturated carbocycles. The molecule has 1 aliphatic rings. The number of phenols is 1. The number of phenolic OH excluding ortho intramolecular Hbond substituents is 1. The average molecular weight is 1780 g/mol. The van der Waals surface area contributed by atoms with Crippen LogP contribution >= 0.6 is 0 Å². The zero-order valence-corrected chi connectivity index (χ0v) is 75.3. The molecule has 700 valence electrons. The van der Waals surface area contributed by atoms with Crippen LogP contribution in [0.25, 0.3) is 10.9 Å². The number of benzene rings is 4. The Kier molecular flexibility index (Phi) is 43.8. The van der Waals surface area contributed by atoms with Gasteiger partial charge in [0.2, 0.25) is 94.3 Å². The summed E-state index contributed by atoms with van der Waals surface area (Å²) in [5.41, 5.74) is 14.7. The first kappa shape index (κ1) is 106. The van der Waals surface area contributed by atoms with E-state index < -0.39 is 197 Å². The molecule has 0 fully saturated rings. The fourth-order valence-electron chi connectivity index (χ4n) is 14.6. The predicted molar refractivity (Wildman–Crippen MR) is 481 cm³/mol. The van der Waals surface area contributed by atoms with Gasteiger partial charge in [-0.1, -0.05) is 150 Å². The fourth-order valence-corrected chi connectivity index (χ4v) is 14.6. The van der Waals surface area contributed by atoms with Gasteiger partial charge in [0.25, 0.3) is 0 Å². The minimum atomic E-state index is -1.91. The Labute approximate surface area is 747 Å². The second kappa shape index (κ2) is 52.7. The van der Waals surface area contributed by atoms with Gasteiger partial charge in [-0.3, -0.25) is 76.7 Å². The maximum Gasteiger partial charge on any atom is 0.246 e. The molecule has 1 aromatic heterocycles. The molecule has 4 unspecified atom stereocenters. The summed E-state index contributed by atoms with van der Waals surface area (Å²) in [5.74, 6) is -16.1. The highest BCUT2D eigenvalue weighted by Gasteiger charge is 2.43. The molecule has 0 radical (unpaired) electrons. The Morgan fingerprint density at radius 2 is 1.11 bits per heavy atom. The number of hydrogen-bond donors (Lipinski definition) is 20. The quantitative estimate of drug-likeness (QED) is 0.0220. The summed E-state index contributed by atoms with van der Waals surface area (Å²) in [6.45, 7) is 15.1. The summed E-state index contributed by atoms with van der Waals surface area (Å²) in [4.78, 5) is 231. The van der Waals surface area contributed by atoms with Gasteiger partial charge in [0.15, 0.2) is 0 Å². The number of primary amides is 2. The molecule has 36 heteroatoms. The first-order valence-corrected chi connectivity index (χ1v) is 43.6. The smallest absolute Gasteiger partial charge is 0.246 e. The second-order valence-corrected chi connectivity index (χ2v) is 33.9. The summed E-state index contributed by atoms with van der Waals surface area (Å²) >= 11 is 0. The number of fused-ring (bicyclic) bond motifs is 1. The number of nitrogens with two attached hydrogens (primary N) is 3. The topological polar surface area (TPSA) is 584 Å². The Morgan fingerprint density at radius 3 is 1.70 bits per heavy atom. The van der Waals surface area contributed by atoms with Crippen LogP contribution < -0.4 is 86.3 Å². The van der Waals surface area contributed by atoms with Crippen LogP contribution in [-0.4, -0.2) is 218 Å². The Bertz CT molecular complexity index is 4600. The van der Waals surface area contributed by atoms with Crippen molar-refractivity contribution < 1.29 is 92.0 Å². The van der Waals surface area contributed by atoms with Gasteiger partial charge in [0, 0.05) is 62.7 Å². The zero-order chi connectivity index (χ0) is 95.1. The van der Waals surface area contributed by atoms with E-state index in [2.05, 4.69) is 79.8 Å². The summed E-state index contributed by atoms with van der Waals surface area (Å²) in [6.07, 6.45) is 5.36. The van der Waals surface area contributed by atoms with Crippen molar-refractivity contribution >= 4 is 105 Å². The molecule has 0 bridgehead atoms. The number of rotatable bonds is 31. The number of para-hydroxylation sites is 1. The Balaban J connectivity index is 0.0000144. The van der Waals surface area contributed by atoms with E-state index in [9.17, 15) is 68.1 Å². The first-order chi connectivity index (χ1) is 60.6. The molecule has 1 aliphatic heterocycles. The van der Waals surface area contributed by atoms with Gasteiger partial charge in [0.1, 0.15) is 71.2 Å². The van der Waals surface area contributed by atoms with E-state index in [-0.39, 0.29) is 94.8 Å². The molecule has 2 heterocycles. The number of aromatic nitrogens is 1. The van der Waals surface area contributed by atoms with Crippen molar-refractivity contribution in [3.8, 4) is 5.75 Å². The van der Waals surface area contributed by atoms with Gasteiger partial charge in [-0.05, 0) is 159 Å². The van der Waals surface area contributed by atoms with Crippen LogP contribution in [0.15, 0.2) is 128 Å². The van der Waals surface area contributed by atoms with Gasteiger partial charge >= 0.3 is 0 Å². The molecule has 6 rings (SSSR count). The van der Waals surface area contributed by atoms with Crippen molar-refractivity contribution in [3.05, 3.63) is 150 Å². The number of H-pyrrole nitrogens is 1. The Hall–Kier alpha value is -12.3.